The summed E-state index contributed by atoms with van der Waals surface area (Å²) in [6.45, 7) is 0. The molecule has 1 aliphatic rings. The monoisotopic (exact) mass is 398 g/mol. The number of nitrogens with zero attached hydrogens (tertiary/aromatic N) is 2. The first kappa shape index (κ1) is 13.6. The lowest BCUT2D eigenvalue weighted by atomic mass is 9.96. The first-order chi connectivity index (χ1) is 9.70. The van der Waals surface area contributed by atoms with Crippen LogP contribution in [0.1, 0.15) is 39.3 Å². The third-order valence-electron chi connectivity index (χ3n) is 3.33. The Morgan fingerprint density at radius 1 is 1.50 bits per heavy atom. The number of carbonyl (C=O) groups excluding carboxylic acids is 1. The van der Waals surface area contributed by atoms with E-state index in [1.807, 2.05) is 0 Å². The van der Waals surface area contributed by atoms with Gasteiger partial charge >= 0.3 is 0 Å². The van der Waals surface area contributed by atoms with Gasteiger partial charge in [-0.15, -0.1) is 11.3 Å². The lowest BCUT2D eigenvalue weighted by molar-refractivity contribution is 0.102. The second kappa shape index (κ2) is 5.54. The van der Waals surface area contributed by atoms with Crippen LogP contribution < -0.4 is 5.32 Å². The summed E-state index contributed by atoms with van der Waals surface area (Å²) in [4.78, 5) is 13.4. The van der Waals surface area contributed by atoms with Crippen molar-refractivity contribution in [3.63, 3.8) is 0 Å². The number of thiophene rings is 1. The van der Waals surface area contributed by atoms with Gasteiger partial charge in [0.15, 0.2) is 0 Å². The molecule has 1 amide bonds. The van der Waals surface area contributed by atoms with Crippen molar-refractivity contribution in [2.45, 2.75) is 25.7 Å². The third kappa shape index (κ3) is 2.33. The molecule has 0 spiro atoms. The lowest BCUT2D eigenvalue weighted by Gasteiger charge is -2.09. The van der Waals surface area contributed by atoms with Gasteiger partial charge in [0.1, 0.15) is 16.8 Å². The third-order valence-corrected chi connectivity index (χ3v) is 5.36. The number of fused-ring (bicyclic) bond motifs is 1. The molecule has 2 aromatic rings. The average Bonchev–Trinajstić information content (AvgIpc) is 3.01. The van der Waals surface area contributed by atoms with Crippen LogP contribution in [0, 0.1) is 14.9 Å². The van der Waals surface area contributed by atoms with Gasteiger partial charge in [0.05, 0.1) is 15.3 Å². The summed E-state index contributed by atoms with van der Waals surface area (Å²) >= 11 is 3.58. The zero-order chi connectivity index (χ0) is 14.1. The Morgan fingerprint density at radius 3 is 3.00 bits per heavy atom. The number of H-pyrrole nitrogens is 1. The predicted molar refractivity (Wildman–Crippen MR) is 84.9 cm³/mol. The molecule has 1 aliphatic carbocycles. The van der Waals surface area contributed by atoms with Gasteiger partial charge in [-0.1, -0.05) is 0 Å². The molecule has 20 heavy (non-hydrogen) atoms. The summed E-state index contributed by atoms with van der Waals surface area (Å²) in [5, 5.41) is 19.4. The van der Waals surface area contributed by atoms with Crippen LogP contribution in [0.4, 0.5) is 5.00 Å². The summed E-state index contributed by atoms with van der Waals surface area (Å²) in [6.07, 6.45) is 5.81. The van der Waals surface area contributed by atoms with E-state index in [9.17, 15) is 10.1 Å². The minimum Gasteiger partial charge on any atom is -0.311 e. The predicted octanol–water partition coefficient (Wildman–Crippen LogP) is 3.08. The SMILES string of the molecule is N#Cc1c(NC(=O)c2[nH]ncc2I)sc2c1CCCC2. The molecule has 0 saturated heterocycles. The maximum absolute atomic E-state index is 12.2. The largest absolute Gasteiger partial charge is 0.311 e. The van der Waals surface area contributed by atoms with E-state index < -0.39 is 0 Å². The zero-order valence-electron chi connectivity index (χ0n) is 10.5. The number of aryl methyl sites for hydroxylation is 1. The van der Waals surface area contributed by atoms with Gasteiger partial charge < -0.3 is 5.32 Å². The smallest absolute Gasteiger partial charge is 0.275 e. The van der Waals surface area contributed by atoms with E-state index in [4.69, 9.17) is 0 Å². The molecule has 5 nitrogen and oxygen atoms in total. The van der Waals surface area contributed by atoms with Crippen LogP contribution in [-0.4, -0.2) is 16.1 Å². The first-order valence-electron chi connectivity index (χ1n) is 6.25. The van der Waals surface area contributed by atoms with Crippen LogP contribution in [0.25, 0.3) is 0 Å². The van der Waals surface area contributed by atoms with Gasteiger partial charge in [-0.3, -0.25) is 9.89 Å². The first-order valence-corrected chi connectivity index (χ1v) is 8.15. The molecule has 0 radical (unpaired) electrons. The number of nitriles is 1. The second-order valence-corrected chi connectivity index (χ2v) is 6.84. The highest BCUT2D eigenvalue weighted by atomic mass is 127. The van der Waals surface area contributed by atoms with Crippen LogP contribution in [0.2, 0.25) is 0 Å². The Hall–Kier alpha value is -1.40. The number of aromatic amines is 1. The summed E-state index contributed by atoms with van der Waals surface area (Å²) in [5.74, 6) is -0.248. The van der Waals surface area contributed by atoms with E-state index in [0.717, 1.165) is 34.8 Å². The van der Waals surface area contributed by atoms with E-state index in [0.29, 0.717) is 16.3 Å². The minimum absolute atomic E-state index is 0.248. The van der Waals surface area contributed by atoms with Gasteiger partial charge in [0.2, 0.25) is 0 Å². The van der Waals surface area contributed by atoms with E-state index in [1.165, 1.54) is 16.2 Å². The van der Waals surface area contributed by atoms with Gasteiger partial charge in [-0.25, -0.2) is 0 Å². The second-order valence-electron chi connectivity index (χ2n) is 4.57. The molecular formula is C13H11IN4OS. The highest BCUT2D eigenvalue weighted by molar-refractivity contribution is 14.1. The standard InChI is InChI=1S/C13H11IN4OS/c14-9-6-16-18-11(9)12(19)17-13-8(5-15)7-3-1-2-4-10(7)20-13/h6H,1-4H2,(H,16,18)(H,17,19). The summed E-state index contributed by atoms with van der Waals surface area (Å²) < 4.78 is 0.764. The Morgan fingerprint density at radius 2 is 2.30 bits per heavy atom. The molecular weight excluding hydrogens is 387 g/mol. The fourth-order valence-electron chi connectivity index (χ4n) is 2.37. The van der Waals surface area contributed by atoms with Gasteiger partial charge in [0.25, 0.3) is 5.91 Å². The van der Waals surface area contributed by atoms with Crippen LogP contribution in [0.3, 0.4) is 0 Å². The number of hydrogen-bond donors (Lipinski definition) is 2. The van der Waals surface area contributed by atoms with E-state index >= 15 is 0 Å². The Bertz CT molecular complexity index is 713. The number of hydrogen-bond acceptors (Lipinski definition) is 4. The van der Waals surface area contributed by atoms with Gasteiger partial charge in [0, 0.05) is 4.88 Å². The van der Waals surface area contributed by atoms with Crippen molar-refractivity contribution < 1.29 is 4.79 Å². The average molecular weight is 398 g/mol. The van der Waals surface area contributed by atoms with Crippen LogP contribution in [0.15, 0.2) is 6.20 Å². The van der Waals surface area contributed by atoms with Crippen molar-refractivity contribution in [1.29, 1.82) is 5.26 Å². The fourth-order valence-corrected chi connectivity index (χ4v) is 4.11. The van der Waals surface area contributed by atoms with Crippen molar-refractivity contribution in [2.75, 3.05) is 5.32 Å². The summed E-state index contributed by atoms with van der Waals surface area (Å²) in [6, 6.07) is 2.24. The maximum Gasteiger partial charge on any atom is 0.275 e. The van der Waals surface area contributed by atoms with E-state index in [2.05, 4.69) is 44.2 Å². The molecule has 102 valence electrons. The molecule has 0 aliphatic heterocycles. The molecule has 7 heteroatoms. The van der Waals surface area contributed by atoms with Crippen molar-refractivity contribution >= 4 is 44.8 Å². The fraction of sp³-hybridized carbons (Fsp3) is 0.308. The number of nitrogens with one attached hydrogen (secondary N) is 2. The van der Waals surface area contributed by atoms with Gasteiger partial charge in [-0.2, -0.15) is 10.4 Å². The summed E-state index contributed by atoms with van der Waals surface area (Å²) in [7, 11) is 0. The Balaban J connectivity index is 1.92. The molecule has 0 fully saturated rings. The molecule has 0 unspecified atom stereocenters. The number of amides is 1. The Labute approximate surface area is 133 Å². The zero-order valence-corrected chi connectivity index (χ0v) is 13.5. The molecule has 0 aromatic carbocycles. The topological polar surface area (TPSA) is 81.6 Å². The lowest BCUT2D eigenvalue weighted by Crippen LogP contribution is -2.13. The number of halogens is 1. The van der Waals surface area contributed by atoms with E-state index in [1.54, 1.807) is 6.20 Å². The van der Waals surface area contributed by atoms with Crippen molar-refractivity contribution in [3.8, 4) is 6.07 Å². The van der Waals surface area contributed by atoms with Crippen molar-refractivity contribution in [3.05, 3.63) is 31.5 Å². The number of aromatic nitrogens is 2. The quantitative estimate of drug-likeness (QED) is 0.763. The van der Waals surface area contributed by atoms with E-state index in [-0.39, 0.29) is 5.91 Å². The minimum atomic E-state index is -0.248. The molecule has 2 aromatic heterocycles. The molecule has 0 bridgehead atoms. The number of anilines is 1. The van der Waals surface area contributed by atoms with Crippen molar-refractivity contribution in [1.82, 2.24) is 10.2 Å². The van der Waals surface area contributed by atoms with Crippen molar-refractivity contribution in [2.24, 2.45) is 0 Å². The highest BCUT2D eigenvalue weighted by Gasteiger charge is 2.22. The maximum atomic E-state index is 12.2. The van der Waals surface area contributed by atoms with Crippen LogP contribution in [-0.2, 0) is 12.8 Å². The molecule has 3 rings (SSSR count). The normalized spacial score (nSPS) is 13.6. The Kier molecular flexibility index (Phi) is 3.76. The van der Waals surface area contributed by atoms with Gasteiger partial charge in [-0.05, 0) is 53.8 Å². The number of carbonyl (C=O) groups is 1. The van der Waals surface area contributed by atoms with Crippen LogP contribution in [0.5, 0.6) is 0 Å². The molecule has 2 N–H and O–H groups in total. The molecule has 0 saturated carbocycles. The molecule has 2 heterocycles. The highest BCUT2D eigenvalue weighted by Crippen LogP contribution is 2.37. The molecule has 0 atom stereocenters. The van der Waals surface area contributed by atoms with Crippen LogP contribution >= 0.6 is 33.9 Å². The summed E-state index contributed by atoms with van der Waals surface area (Å²) in [5.41, 5.74) is 2.19. The number of rotatable bonds is 2.